The summed E-state index contributed by atoms with van der Waals surface area (Å²) in [7, 11) is -2.10. The van der Waals surface area contributed by atoms with E-state index in [-0.39, 0.29) is 4.90 Å². The molecule has 2 rings (SSSR count). The molecule has 2 N–H and O–H groups in total. The van der Waals surface area contributed by atoms with Gasteiger partial charge < -0.3 is 10.6 Å². The number of hydrogen-bond acceptors (Lipinski definition) is 4. The van der Waals surface area contributed by atoms with Crippen LogP contribution in [0.15, 0.2) is 59.5 Å². The van der Waals surface area contributed by atoms with Gasteiger partial charge >= 0.3 is 0 Å². The minimum Gasteiger partial charge on any atom is -0.399 e. The molecule has 0 spiro atoms. The first-order valence-corrected chi connectivity index (χ1v) is 7.95. The first kappa shape index (κ1) is 15.1. The van der Waals surface area contributed by atoms with Crippen molar-refractivity contribution in [1.29, 1.82) is 0 Å². The van der Waals surface area contributed by atoms with E-state index >= 15 is 0 Å². The number of anilines is 2. The molecular weight excluding hydrogens is 288 g/mol. The largest absolute Gasteiger partial charge is 0.399 e. The second-order valence-electron chi connectivity index (χ2n) is 4.62. The monoisotopic (exact) mass is 304 g/mol. The standard InChI is InChI=1S/C15H16N2O3S/c1-17(13-9-7-12(16)8-10-13)15(18)11-21(19,20)14-5-3-2-4-6-14/h2-10H,11,16H2,1H3. The molecule has 2 aromatic rings. The predicted molar refractivity (Wildman–Crippen MR) is 82.8 cm³/mol. The molecule has 110 valence electrons. The second-order valence-corrected chi connectivity index (χ2v) is 6.61. The van der Waals surface area contributed by atoms with Gasteiger partial charge in [-0.3, -0.25) is 4.79 Å². The van der Waals surface area contributed by atoms with Crippen LogP contribution >= 0.6 is 0 Å². The van der Waals surface area contributed by atoms with Gasteiger partial charge in [0.2, 0.25) is 5.91 Å². The summed E-state index contributed by atoms with van der Waals surface area (Å²) in [6.07, 6.45) is 0. The smallest absolute Gasteiger partial charge is 0.242 e. The molecule has 0 aliphatic carbocycles. The molecule has 2 aromatic carbocycles. The second kappa shape index (κ2) is 5.97. The Balaban J connectivity index is 2.16. The summed E-state index contributed by atoms with van der Waals surface area (Å²) in [5.74, 6) is -1.07. The van der Waals surface area contributed by atoms with E-state index in [1.54, 1.807) is 42.5 Å². The van der Waals surface area contributed by atoms with Gasteiger partial charge in [-0.15, -0.1) is 0 Å². The van der Waals surface area contributed by atoms with Crippen molar-refractivity contribution in [2.24, 2.45) is 0 Å². The number of carbonyl (C=O) groups excluding carboxylic acids is 1. The lowest BCUT2D eigenvalue weighted by molar-refractivity contribution is -0.115. The Labute approximate surface area is 123 Å². The van der Waals surface area contributed by atoms with Crippen molar-refractivity contribution in [2.75, 3.05) is 23.4 Å². The quantitative estimate of drug-likeness (QED) is 0.872. The summed E-state index contributed by atoms with van der Waals surface area (Å²) < 4.78 is 24.3. The van der Waals surface area contributed by atoms with Crippen molar-refractivity contribution in [1.82, 2.24) is 0 Å². The van der Waals surface area contributed by atoms with Crippen LogP contribution < -0.4 is 10.6 Å². The summed E-state index contributed by atoms with van der Waals surface area (Å²) in [6.45, 7) is 0. The maximum atomic E-state index is 12.2. The Hall–Kier alpha value is -2.34. The number of carbonyl (C=O) groups is 1. The molecular formula is C15H16N2O3S. The predicted octanol–water partition coefficient (Wildman–Crippen LogP) is 1.71. The zero-order chi connectivity index (χ0) is 15.5. The first-order valence-electron chi connectivity index (χ1n) is 6.30. The number of nitrogens with two attached hydrogens (primary N) is 1. The number of nitrogens with zero attached hydrogens (tertiary/aromatic N) is 1. The van der Waals surface area contributed by atoms with E-state index in [1.807, 2.05) is 0 Å². The Kier molecular flexibility index (Phi) is 4.28. The molecule has 0 bridgehead atoms. The number of sulfone groups is 1. The molecule has 6 heteroatoms. The fraction of sp³-hybridized carbons (Fsp3) is 0.133. The van der Waals surface area contributed by atoms with E-state index in [9.17, 15) is 13.2 Å². The van der Waals surface area contributed by atoms with Gasteiger partial charge in [0, 0.05) is 18.4 Å². The number of rotatable bonds is 4. The Bertz CT molecular complexity index is 725. The zero-order valence-corrected chi connectivity index (χ0v) is 12.4. The van der Waals surface area contributed by atoms with E-state index in [4.69, 9.17) is 5.73 Å². The maximum Gasteiger partial charge on any atom is 0.242 e. The van der Waals surface area contributed by atoms with Gasteiger partial charge in [0.1, 0.15) is 5.75 Å². The Morgan fingerprint density at radius 1 is 1.05 bits per heavy atom. The van der Waals surface area contributed by atoms with Crippen LogP contribution in [0.1, 0.15) is 0 Å². The highest BCUT2D eigenvalue weighted by molar-refractivity contribution is 7.92. The third kappa shape index (κ3) is 3.61. The van der Waals surface area contributed by atoms with Gasteiger partial charge in [-0.2, -0.15) is 0 Å². The topological polar surface area (TPSA) is 80.5 Å². The summed E-state index contributed by atoms with van der Waals surface area (Å²) >= 11 is 0. The van der Waals surface area contributed by atoms with Crippen LogP contribution in [0, 0.1) is 0 Å². The molecule has 0 fully saturated rings. The van der Waals surface area contributed by atoms with E-state index in [2.05, 4.69) is 0 Å². The molecule has 5 nitrogen and oxygen atoms in total. The highest BCUT2D eigenvalue weighted by Gasteiger charge is 2.22. The third-order valence-electron chi connectivity index (χ3n) is 3.07. The van der Waals surface area contributed by atoms with E-state index in [1.165, 1.54) is 24.1 Å². The highest BCUT2D eigenvalue weighted by atomic mass is 32.2. The van der Waals surface area contributed by atoms with Crippen LogP contribution in [-0.2, 0) is 14.6 Å². The molecule has 1 amide bonds. The normalized spacial score (nSPS) is 11.1. The summed E-state index contributed by atoms with van der Waals surface area (Å²) in [5, 5.41) is 0. The van der Waals surface area contributed by atoms with Crippen LogP contribution in [0.4, 0.5) is 11.4 Å². The van der Waals surface area contributed by atoms with E-state index in [0.717, 1.165) is 0 Å². The molecule has 0 radical (unpaired) electrons. The summed E-state index contributed by atoms with van der Waals surface area (Å²) in [4.78, 5) is 13.6. The molecule has 0 unspecified atom stereocenters. The minimum atomic E-state index is -3.64. The average molecular weight is 304 g/mol. The highest BCUT2D eigenvalue weighted by Crippen LogP contribution is 2.17. The molecule has 0 saturated heterocycles. The van der Waals surface area contributed by atoms with E-state index in [0.29, 0.717) is 11.4 Å². The minimum absolute atomic E-state index is 0.143. The van der Waals surface area contributed by atoms with Crippen LogP contribution in [0.2, 0.25) is 0 Å². The number of amides is 1. The van der Waals surface area contributed by atoms with Gasteiger partial charge in [0.25, 0.3) is 0 Å². The SMILES string of the molecule is CN(C(=O)CS(=O)(=O)c1ccccc1)c1ccc(N)cc1. The number of hydrogen-bond donors (Lipinski definition) is 1. The molecule has 0 saturated carbocycles. The first-order chi connectivity index (χ1) is 9.90. The third-order valence-corrected chi connectivity index (χ3v) is 4.69. The van der Waals surface area contributed by atoms with Crippen LogP contribution in [0.3, 0.4) is 0 Å². The molecule has 0 aliphatic heterocycles. The van der Waals surface area contributed by atoms with Gasteiger partial charge in [0.15, 0.2) is 9.84 Å². The number of benzene rings is 2. The van der Waals surface area contributed by atoms with Crippen molar-refractivity contribution in [3.05, 3.63) is 54.6 Å². The zero-order valence-electron chi connectivity index (χ0n) is 11.6. The van der Waals surface area contributed by atoms with Crippen molar-refractivity contribution in [3.8, 4) is 0 Å². The van der Waals surface area contributed by atoms with Crippen LogP contribution in [0.5, 0.6) is 0 Å². The summed E-state index contributed by atoms with van der Waals surface area (Å²) in [6, 6.07) is 14.6. The lowest BCUT2D eigenvalue weighted by atomic mass is 10.2. The van der Waals surface area contributed by atoms with Gasteiger partial charge in [0.05, 0.1) is 4.90 Å². The summed E-state index contributed by atoms with van der Waals surface area (Å²) in [5.41, 5.74) is 6.76. The Morgan fingerprint density at radius 2 is 1.62 bits per heavy atom. The number of nitrogen functional groups attached to an aromatic ring is 1. The fourth-order valence-corrected chi connectivity index (χ4v) is 3.07. The van der Waals surface area contributed by atoms with Crippen molar-refractivity contribution in [2.45, 2.75) is 4.90 Å². The van der Waals surface area contributed by atoms with Gasteiger partial charge in [-0.05, 0) is 36.4 Å². The van der Waals surface area contributed by atoms with Crippen LogP contribution in [-0.4, -0.2) is 27.1 Å². The van der Waals surface area contributed by atoms with Gasteiger partial charge in [-0.1, -0.05) is 18.2 Å². The molecule has 0 heterocycles. The Morgan fingerprint density at radius 3 is 2.19 bits per heavy atom. The van der Waals surface area contributed by atoms with Gasteiger partial charge in [-0.25, -0.2) is 8.42 Å². The van der Waals surface area contributed by atoms with Crippen molar-refractivity contribution >= 4 is 27.1 Å². The van der Waals surface area contributed by atoms with Crippen LogP contribution in [0.25, 0.3) is 0 Å². The molecule has 21 heavy (non-hydrogen) atoms. The molecule has 0 aliphatic rings. The molecule has 0 atom stereocenters. The lowest BCUT2D eigenvalue weighted by Gasteiger charge is -2.17. The van der Waals surface area contributed by atoms with Crippen molar-refractivity contribution in [3.63, 3.8) is 0 Å². The van der Waals surface area contributed by atoms with E-state index < -0.39 is 21.5 Å². The average Bonchev–Trinajstić information content (AvgIpc) is 2.48. The lowest BCUT2D eigenvalue weighted by Crippen LogP contribution is -2.32. The fourth-order valence-electron chi connectivity index (χ4n) is 1.81. The van der Waals surface area contributed by atoms with Crippen molar-refractivity contribution < 1.29 is 13.2 Å². The molecule has 0 aromatic heterocycles. The maximum absolute atomic E-state index is 12.2.